The molecule has 43 heavy (non-hydrogen) atoms. The number of nitrogens with zero attached hydrogens (tertiary/aromatic N) is 2. The van der Waals surface area contributed by atoms with Crippen molar-refractivity contribution in [3.8, 4) is 17.2 Å². The van der Waals surface area contributed by atoms with E-state index in [1.807, 2.05) is 30.3 Å². The fourth-order valence-electron chi connectivity index (χ4n) is 6.39. The molecule has 7 rings (SSSR count). The summed E-state index contributed by atoms with van der Waals surface area (Å²) in [6.07, 6.45) is 1.80. The van der Waals surface area contributed by atoms with E-state index in [1.165, 1.54) is 51.9 Å². The third-order valence-electron chi connectivity index (χ3n) is 8.51. The van der Waals surface area contributed by atoms with Crippen molar-refractivity contribution in [3.63, 3.8) is 0 Å². The van der Waals surface area contributed by atoms with Gasteiger partial charge in [-0.3, -0.25) is 9.08 Å². The van der Waals surface area contributed by atoms with Gasteiger partial charge in [0.1, 0.15) is 24.9 Å². The summed E-state index contributed by atoms with van der Waals surface area (Å²) in [5.74, 6) is 2.10. The maximum atomic E-state index is 13.7. The molecule has 1 aromatic heterocycles. The molecule has 8 heteroatoms. The maximum Gasteiger partial charge on any atom is 0.162 e. The molecule has 0 amide bonds. The van der Waals surface area contributed by atoms with Crippen LogP contribution in [0.4, 0.5) is 4.39 Å². The molecule has 0 spiro atoms. The molecule has 1 unspecified atom stereocenters. The minimum Gasteiger partial charge on any atom is -0.497 e. The zero-order valence-corrected chi connectivity index (χ0v) is 25.0. The zero-order valence-electron chi connectivity index (χ0n) is 24.2. The second kappa shape index (κ2) is 12.0. The molecule has 0 bridgehead atoms. The van der Waals surface area contributed by atoms with Crippen LogP contribution in [0.25, 0.3) is 10.9 Å². The largest absolute Gasteiger partial charge is 0.497 e. The number of hydrogen-bond donors (Lipinski definition) is 0. The fraction of sp³-hybridized carbons (Fsp3) is 0.257. The monoisotopic (exact) mass is 596 g/mol. The molecular formula is C35H33FN2O4S. The van der Waals surface area contributed by atoms with Gasteiger partial charge < -0.3 is 18.8 Å². The predicted molar refractivity (Wildman–Crippen MR) is 166 cm³/mol. The van der Waals surface area contributed by atoms with Crippen LogP contribution in [0.5, 0.6) is 17.2 Å². The second-order valence-corrected chi connectivity index (χ2v) is 11.8. The summed E-state index contributed by atoms with van der Waals surface area (Å²) >= 11 is 1.20. The SMILES string of the molecule is COc1ccc2c(c1)c1c(n2COSc2cccc(F)c2)CN2CCc3cc(OC)c(OCc4ccccc4)cc3C2C1. The maximum absolute atomic E-state index is 13.7. The molecule has 3 heterocycles. The van der Waals surface area contributed by atoms with E-state index in [4.69, 9.17) is 18.4 Å². The lowest BCUT2D eigenvalue weighted by Gasteiger charge is -2.41. The quantitative estimate of drug-likeness (QED) is 0.162. The highest BCUT2D eigenvalue weighted by molar-refractivity contribution is 7.94. The Hall–Kier alpha value is -3.98. The lowest BCUT2D eigenvalue weighted by atomic mass is 9.85. The summed E-state index contributed by atoms with van der Waals surface area (Å²) in [6, 6.07) is 27.5. The molecule has 220 valence electrons. The van der Waals surface area contributed by atoms with E-state index in [0.29, 0.717) is 13.3 Å². The summed E-state index contributed by atoms with van der Waals surface area (Å²) in [4.78, 5) is 3.30. The summed E-state index contributed by atoms with van der Waals surface area (Å²) in [5, 5.41) is 1.18. The third kappa shape index (κ3) is 5.46. The van der Waals surface area contributed by atoms with E-state index < -0.39 is 0 Å². The van der Waals surface area contributed by atoms with Gasteiger partial charge in [0.05, 0.1) is 19.7 Å². The lowest BCUT2D eigenvalue weighted by molar-refractivity contribution is 0.151. The fourth-order valence-corrected chi connectivity index (χ4v) is 6.98. The predicted octanol–water partition coefficient (Wildman–Crippen LogP) is 7.71. The average molecular weight is 597 g/mol. The van der Waals surface area contributed by atoms with Crippen LogP contribution in [-0.2, 0) is 36.9 Å². The minimum atomic E-state index is -0.271. The number of ether oxygens (including phenoxy) is 3. The Balaban J connectivity index is 1.21. The molecule has 0 saturated carbocycles. The van der Waals surface area contributed by atoms with Gasteiger partial charge >= 0.3 is 0 Å². The number of rotatable bonds is 9. The van der Waals surface area contributed by atoms with Crippen molar-refractivity contribution in [2.75, 3.05) is 20.8 Å². The van der Waals surface area contributed by atoms with Crippen LogP contribution >= 0.6 is 12.0 Å². The van der Waals surface area contributed by atoms with Crippen molar-refractivity contribution in [1.29, 1.82) is 0 Å². The first-order valence-corrected chi connectivity index (χ1v) is 15.2. The molecular weight excluding hydrogens is 563 g/mol. The molecule has 0 radical (unpaired) electrons. The number of fused-ring (bicyclic) bond motifs is 6. The molecule has 0 saturated heterocycles. The first-order valence-electron chi connectivity index (χ1n) is 14.5. The van der Waals surface area contributed by atoms with Gasteiger partial charge in [-0.05, 0) is 83.6 Å². The number of hydrogen-bond acceptors (Lipinski definition) is 6. The van der Waals surface area contributed by atoms with E-state index in [2.05, 4.69) is 45.9 Å². The first kappa shape index (κ1) is 27.8. The van der Waals surface area contributed by atoms with Gasteiger partial charge in [-0.15, -0.1) is 0 Å². The van der Waals surface area contributed by atoms with Crippen molar-refractivity contribution in [2.24, 2.45) is 0 Å². The van der Waals surface area contributed by atoms with Crippen molar-refractivity contribution in [2.45, 2.75) is 43.7 Å². The zero-order chi connectivity index (χ0) is 29.3. The number of benzene rings is 4. The molecule has 5 aromatic rings. The van der Waals surface area contributed by atoms with E-state index in [0.717, 1.165) is 59.2 Å². The van der Waals surface area contributed by atoms with E-state index in [-0.39, 0.29) is 11.9 Å². The Bertz CT molecular complexity index is 1770. The van der Waals surface area contributed by atoms with Crippen LogP contribution in [0, 0.1) is 5.82 Å². The van der Waals surface area contributed by atoms with Crippen molar-refractivity contribution in [1.82, 2.24) is 9.47 Å². The number of aromatic nitrogens is 1. The van der Waals surface area contributed by atoms with Gasteiger partial charge in [0.25, 0.3) is 0 Å². The van der Waals surface area contributed by atoms with Gasteiger partial charge in [-0.25, -0.2) is 4.39 Å². The molecule has 0 fully saturated rings. The highest BCUT2D eigenvalue weighted by Gasteiger charge is 2.36. The summed E-state index contributed by atoms with van der Waals surface area (Å²) < 4.78 is 39.7. The minimum absolute atomic E-state index is 0.217. The van der Waals surface area contributed by atoms with Crippen LogP contribution in [0.2, 0.25) is 0 Å². The molecule has 0 aliphatic carbocycles. The molecule has 4 aromatic carbocycles. The van der Waals surface area contributed by atoms with Gasteiger partial charge in [0.15, 0.2) is 11.5 Å². The van der Waals surface area contributed by atoms with Gasteiger partial charge in [0, 0.05) is 47.1 Å². The first-order chi connectivity index (χ1) is 21.1. The van der Waals surface area contributed by atoms with Crippen LogP contribution in [0.15, 0.2) is 89.8 Å². The van der Waals surface area contributed by atoms with E-state index in [1.54, 1.807) is 20.3 Å². The van der Waals surface area contributed by atoms with Crippen LogP contribution in [0.1, 0.15) is 34.0 Å². The normalized spacial score (nSPS) is 15.9. The number of halogens is 1. The Morgan fingerprint density at radius 2 is 1.79 bits per heavy atom. The van der Waals surface area contributed by atoms with Crippen molar-refractivity contribution in [3.05, 3.63) is 119 Å². The van der Waals surface area contributed by atoms with Crippen molar-refractivity contribution >= 4 is 22.9 Å². The highest BCUT2D eigenvalue weighted by atomic mass is 32.2. The van der Waals surface area contributed by atoms with Gasteiger partial charge in [-0.1, -0.05) is 36.4 Å². The van der Waals surface area contributed by atoms with Gasteiger partial charge in [0.2, 0.25) is 0 Å². The van der Waals surface area contributed by atoms with Crippen LogP contribution < -0.4 is 14.2 Å². The Kier molecular flexibility index (Phi) is 7.74. The summed E-state index contributed by atoms with van der Waals surface area (Å²) in [7, 11) is 3.41. The van der Waals surface area contributed by atoms with Crippen LogP contribution in [0.3, 0.4) is 0 Å². The average Bonchev–Trinajstić information content (AvgIpc) is 3.34. The third-order valence-corrected chi connectivity index (χ3v) is 9.18. The molecule has 0 N–H and O–H groups in total. The Labute approximate surface area is 255 Å². The second-order valence-electron chi connectivity index (χ2n) is 10.9. The summed E-state index contributed by atoms with van der Waals surface area (Å²) in [6.45, 7) is 2.59. The lowest BCUT2D eigenvalue weighted by Crippen LogP contribution is -2.40. The van der Waals surface area contributed by atoms with Gasteiger partial charge in [-0.2, -0.15) is 0 Å². The van der Waals surface area contributed by atoms with Crippen LogP contribution in [-0.4, -0.2) is 30.2 Å². The molecule has 2 aliphatic heterocycles. The standard InChI is InChI=1S/C35H33FN2O4S/c1-39-26-11-12-31-29(17-26)30-18-32-28-19-35(41-21-23-7-4-3-5-8-23)34(40-2)15-24(28)13-14-37(32)20-33(30)38(31)22-42-43-27-10-6-9-25(36)16-27/h3-12,15-17,19,32H,13-14,18,20-22H2,1-2H3. The number of methoxy groups -OCH3 is 2. The molecule has 2 aliphatic rings. The van der Waals surface area contributed by atoms with E-state index in [9.17, 15) is 4.39 Å². The van der Waals surface area contributed by atoms with Crippen molar-refractivity contribution < 1.29 is 22.8 Å². The molecule has 6 nitrogen and oxygen atoms in total. The summed E-state index contributed by atoms with van der Waals surface area (Å²) in [5.41, 5.74) is 7.38. The smallest absolute Gasteiger partial charge is 0.162 e. The topological polar surface area (TPSA) is 45.1 Å². The highest BCUT2D eigenvalue weighted by Crippen LogP contribution is 2.45. The molecule has 1 atom stereocenters. The van der Waals surface area contributed by atoms with E-state index >= 15 is 0 Å². The Morgan fingerprint density at radius 3 is 2.60 bits per heavy atom. The Morgan fingerprint density at radius 1 is 0.907 bits per heavy atom.